The van der Waals surface area contributed by atoms with Gasteiger partial charge in [0.05, 0.1) is 12.7 Å². The highest BCUT2D eigenvalue weighted by Gasteiger charge is 1.94. The van der Waals surface area contributed by atoms with Crippen LogP contribution in [0.3, 0.4) is 0 Å². The molecule has 1 aromatic rings. The molecule has 0 bridgehead atoms. The van der Waals surface area contributed by atoms with Gasteiger partial charge in [-0.2, -0.15) is 5.26 Å². The number of benzene rings is 1. The molecule has 3 nitrogen and oxygen atoms in total. The molecular formula is C13H18N2O. The summed E-state index contributed by atoms with van der Waals surface area (Å²) in [4.78, 5) is 0. The van der Waals surface area contributed by atoms with Crippen LogP contribution in [0.15, 0.2) is 24.3 Å². The highest BCUT2D eigenvalue weighted by atomic mass is 16.5. The van der Waals surface area contributed by atoms with Crippen LogP contribution in [-0.2, 0) is 6.54 Å². The second kappa shape index (κ2) is 7.72. The highest BCUT2D eigenvalue weighted by Crippen LogP contribution is 2.11. The summed E-state index contributed by atoms with van der Waals surface area (Å²) >= 11 is 0. The van der Waals surface area contributed by atoms with E-state index in [1.165, 1.54) is 5.56 Å². The minimum atomic E-state index is 0.621. The van der Waals surface area contributed by atoms with E-state index in [1.807, 2.05) is 19.1 Å². The molecule has 0 radical (unpaired) electrons. The Kier molecular flexibility index (Phi) is 6.05. The lowest BCUT2D eigenvalue weighted by Crippen LogP contribution is -2.14. The van der Waals surface area contributed by atoms with Gasteiger partial charge in [-0.3, -0.25) is 0 Å². The molecule has 0 aromatic heterocycles. The smallest absolute Gasteiger partial charge is 0.119 e. The second-order valence-electron chi connectivity index (χ2n) is 3.52. The molecule has 1 aromatic carbocycles. The van der Waals surface area contributed by atoms with Crippen LogP contribution in [0.2, 0.25) is 0 Å². The van der Waals surface area contributed by atoms with E-state index in [4.69, 9.17) is 10.00 Å². The number of hydrogen-bond donors (Lipinski definition) is 1. The maximum Gasteiger partial charge on any atom is 0.119 e. The maximum absolute atomic E-state index is 8.37. The highest BCUT2D eigenvalue weighted by molar-refractivity contribution is 5.27. The fourth-order valence-electron chi connectivity index (χ4n) is 1.40. The third-order valence-corrected chi connectivity index (χ3v) is 2.21. The molecule has 0 fully saturated rings. The summed E-state index contributed by atoms with van der Waals surface area (Å²) in [7, 11) is 0. The van der Waals surface area contributed by atoms with Crippen molar-refractivity contribution in [2.24, 2.45) is 0 Å². The molecule has 0 saturated carbocycles. The van der Waals surface area contributed by atoms with Crippen LogP contribution in [0, 0.1) is 11.3 Å². The number of nitriles is 1. The monoisotopic (exact) mass is 218 g/mol. The third-order valence-electron chi connectivity index (χ3n) is 2.21. The molecule has 1 N–H and O–H groups in total. The first kappa shape index (κ1) is 12.5. The Balaban J connectivity index is 2.24. The van der Waals surface area contributed by atoms with E-state index in [0.29, 0.717) is 13.0 Å². The number of unbranched alkanes of at least 4 members (excludes halogenated alkanes) is 1. The number of hydrogen-bond acceptors (Lipinski definition) is 3. The van der Waals surface area contributed by atoms with Crippen molar-refractivity contribution in [3.05, 3.63) is 29.8 Å². The van der Waals surface area contributed by atoms with Gasteiger partial charge in [0.2, 0.25) is 0 Å². The van der Waals surface area contributed by atoms with Crippen molar-refractivity contribution in [2.75, 3.05) is 13.2 Å². The summed E-state index contributed by atoms with van der Waals surface area (Å²) in [6.45, 7) is 4.41. The van der Waals surface area contributed by atoms with E-state index in [0.717, 1.165) is 25.3 Å². The van der Waals surface area contributed by atoms with Crippen molar-refractivity contribution in [2.45, 2.75) is 26.3 Å². The zero-order valence-corrected chi connectivity index (χ0v) is 9.70. The minimum Gasteiger partial charge on any atom is -0.494 e. The molecule has 0 aliphatic carbocycles. The Morgan fingerprint density at radius 2 is 2.06 bits per heavy atom. The zero-order chi connectivity index (χ0) is 11.6. The Hall–Kier alpha value is -1.53. The molecule has 0 atom stereocenters. The predicted octanol–water partition coefficient (Wildman–Crippen LogP) is 2.48. The molecule has 0 unspecified atom stereocenters. The molecule has 1 rings (SSSR count). The van der Waals surface area contributed by atoms with Crippen molar-refractivity contribution in [3.8, 4) is 11.8 Å². The van der Waals surface area contributed by atoms with Gasteiger partial charge in [0, 0.05) is 13.0 Å². The van der Waals surface area contributed by atoms with Crippen molar-refractivity contribution in [1.29, 1.82) is 5.26 Å². The molecule has 0 spiro atoms. The van der Waals surface area contributed by atoms with Crippen molar-refractivity contribution >= 4 is 0 Å². The molecule has 0 aliphatic heterocycles. The van der Waals surface area contributed by atoms with E-state index in [2.05, 4.69) is 23.5 Å². The van der Waals surface area contributed by atoms with E-state index < -0.39 is 0 Å². The van der Waals surface area contributed by atoms with Gasteiger partial charge in [0.25, 0.3) is 0 Å². The van der Waals surface area contributed by atoms with Gasteiger partial charge in [0.1, 0.15) is 5.75 Å². The van der Waals surface area contributed by atoms with Crippen LogP contribution < -0.4 is 10.1 Å². The Morgan fingerprint density at radius 3 is 2.69 bits per heavy atom. The standard InChI is InChI=1S/C13H18N2O/c1-2-16-13-7-5-12(6-8-13)11-15-10-4-3-9-14/h5-8,15H,2-4,10-11H2,1H3. The van der Waals surface area contributed by atoms with Crippen LogP contribution in [-0.4, -0.2) is 13.2 Å². The molecule has 16 heavy (non-hydrogen) atoms. The van der Waals surface area contributed by atoms with E-state index in [1.54, 1.807) is 0 Å². The molecule has 0 saturated heterocycles. The summed E-state index contributed by atoms with van der Waals surface area (Å²) in [6, 6.07) is 10.2. The predicted molar refractivity (Wildman–Crippen MR) is 64.2 cm³/mol. The minimum absolute atomic E-state index is 0.621. The van der Waals surface area contributed by atoms with Gasteiger partial charge in [0.15, 0.2) is 0 Å². The van der Waals surface area contributed by atoms with Crippen LogP contribution in [0.1, 0.15) is 25.3 Å². The van der Waals surface area contributed by atoms with E-state index in [9.17, 15) is 0 Å². The number of nitrogens with one attached hydrogen (secondary N) is 1. The Labute approximate surface area is 97.0 Å². The first-order valence-corrected chi connectivity index (χ1v) is 5.66. The van der Waals surface area contributed by atoms with Gasteiger partial charge >= 0.3 is 0 Å². The lowest BCUT2D eigenvalue weighted by Gasteiger charge is -2.06. The Morgan fingerprint density at radius 1 is 1.31 bits per heavy atom. The number of nitrogens with zero attached hydrogens (tertiary/aromatic N) is 1. The van der Waals surface area contributed by atoms with E-state index >= 15 is 0 Å². The third kappa shape index (κ3) is 4.81. The summed E-state index contributed by atoms with van der Waals surface area (Å²) < 4.78 is 5.36. The quantitative estimate of drug-likeness (QED) is 0.715. The van der Waals surface area contributed by atoms with Gasteiger partial charge in [-0.25, -0.2) is 0 Å². The fourth-order valence-corrected chi connectivity index (χ4v) is 1.40. The summed E-state index contributed by atoms with van der Waals surface area (Å²) in [5.74, 6) is 0.913. The molecular weight excluding hydrogens is 200 g/mol. The van der Waals surface area contributed by atoms with Gasteiger partial charge in [-0.05, 0) is 37.6 Å². The second-order valence-corrected chi connectivity index (χ2v) is 3.52. The Bertz CT molecular complexity index is 327. The number of rotatable bonds is 7. The van der Waals surface area contributed by atoms with Gasteiger partial charge < -0.3 is 10.1 Å². The zero-order valence-electron chi connectivity index (χ0n) is 9.70. The van der Waals surface area contributed by atoms with Crippen LogP contribution >= 0.6 is 0 Å². The summed E-state index contributed by atoms with van der Waals surface area (Å²) in [5, 5.41) is 11.7. The maximum atomic E-state index is 8.37. The normalized spacial score (nSPS) is 9.75. The van der Waals surface area contributed by atoms with Crippen LogP contribution in [0.5, 0.6) is 5.75 Å². The van der Waals surface area contributed by atoms with Crippen LogP contribution in [0.25, 0.3) is 0 Å². The average molecular weight is 218 g/mol. The molecule has 0 amide bonds. The molecule has 0 aliphatic rings. The first-order valence-electron chi connectivity index (χ1n) is 5.66. The summed E-state index contributed by atoms with van der Waals surface area (Å²) in [5.41, 5.74) is 1.24. The lowest BCUT2D eigenvalue weighted by atomic mass is 10.2. The topological polar surface area (TPSA) is 45.0 Å². The van der Waals surface area contributed by atoms with Crippen molar-refractivity contribution in [1.82, 2.24) is 5.32 Å². The number of ether oxygens (including phenoxy) is 1. The van der Waals surface area contributed by atoms with Crippen LogP contribution in [0.4, 0.5) is 0 Å². The van der Waals surface area contributed by atoms with Gasteiger partial charge in [-0.15, -0.1) is 0 Å². The first-order chi connectivity index (χ1) is 7.86. The van der Waals surface area contributed by atoms with E-state index in [-0.39, 0.29) is 0 Å². The molecule has 3 heteroatoms. The van der Waals surface area contributed by atoms with Crippen molar-refractivity contribution < 1.29 is 4.74 Å². The SMILES string of the molecule is CCOc1ccc(CNCCCC#N)cc1. The summed E-state index contributed by atoms with van der Waals surface area (Å²) in [6.07, 6.45) is 1.53. The molecule has 86 valence electrons. The largest absolute Gasteiger partial charge is 0.494 e. The lowest BCUT2D eigenvalue weighted by molar-refractivity contribution is 0.340. The molecule has 0 heterocycles. The fraction of sp³-hybridized carbons (Fsp3) is 0.462. The van der Waals surface area contributed by atoms with Gasteiger partial charge in [-0.1, -0.05) is 12.1 Å². The van der Waals surface area contributed by atoms with Crippen molar-refractivity contribution in [3.63, 3.8) is 0 Å². The average Bonchev–Trinajstić information content (AvgIpc) is 2.31.